The number of anilines is 1. The van der Waals surface area contributed by atoms with E-state index in [0.29, 0.717) is 12.6 Å². The first-order valence-corrected chi connectivity index (χ1v) is 7.31. The average molecular weight is 380 g/mol. The SMILES string of the molecule is O=C(O)c1cc(C(F)(F)F)ccc1NCc1ccc(Br)s1. The maximum atomic E-state index is 12.6. The lowest BCUT2D eigenvalue weighted by Crippen LogP contribution is -2.10. The van der Waals surface area contributed by atoms with E-state index in [1.165, 1.54) is 11.3 Å². The topological polar surface area (TPSA) is 49.3 Å². The number of halogens is 4. The predicted octanol–water partition coefficient (Wildman–Crippen LogP) is 4.84. The molecular weight excluding hydrogens is 371 g/mol. The second kappa shape index (κ2) is 6.07. The summed E-state index contributed by atoms with van der Waals surface area (Å²) in [5.74, 6) is -1.41. The smallest absolute Gasteiger partial charge is 0.416 e. The third kappa shape index (κ3) is 3.98. The summed E-state index contributed by atoms with van der Waals surface area (Å²) < 4.78 is 38.7. The van der Waals surface area contributed by atoms with Gasteiger partial charge in [-0.2, -0.15) is 13.2 Å². The minimum absolute atomic E-state index is 0.153. The van der Waals surface area contributed by atoms with E-state index in [-0.39, 0.29) is 5.69 Å². The molecule has 0 aliphatic carbocycles. The van der Waals surface area contributed by atoms with Gasteiger partial charge in [-0.25, -0.2) is 4.79 Å². The summed E-state index contributed by atoms with van der Waals surface area (Å²) in [7, 11) is 0. The fraction of sp³-hybridized carbons (Fsp3) is 0.154. The van der Waals surface area contributed by atoms with Crippen LogP contribution in [0.3, 0.4) is 0 Å². The fourth-order valence-electron chi connectivity index (χ4n) is 1.68. The van der Waals surface area contributed by atoms with E-state index < -0.39 is 23.3 Å². The third-order valence-electron chi connectivity index (χ3n) is 2.66. The van der Waals surface area contributed by atoms with Crippen molar-refractivity contribution in [2.24, 2.45) is 0 Å². The molecule has 2 rings (SSSR count). The van der Waals surface area contributed by atoms with Crippen LogP contribution in [-0.4, -0.2) is 11.1 Å². The molecule has 3 nitrogen and oxygen atoms in total. The van der Waals surface area contributed by atoms with Crippen LogP contribution in [0.25, 0.3) is 0 Å². The quantitative estimate of drug-likeness (QED) is 0.798. The van der Waals surface area contributed by atoms with E-state index in [0.717, 1.165) is 20.8 Å². The molecule has 0 spiro atoms. The minimum Gasteiger partial charge on any atom is -0.478 e. The first-order valence-electron chi connectivity index (χ1n) is 5.70. The molecule has 0 bridgehead atoms. The van der Waals surface area contributed by atoms with Gasteiger partial charge in [0, 0.05) is 17.1 Å². The highest BCUT2D eigenvalue weighted by molar-refractivity contribution is 9.11. The van der Waals surface area contributed by atoms with Crippen molar-refractivity contribution in [3.63, 3.8) is 0 Å². The second-order valence-electron chi connectivity index (χ2n) is 4.12. The van der Waals surface area contributed by atoms with E-state index in [9.17, 15) is 18.0 Å². The highest BCUT2D eigenvalue weighted by Gasteiger charge is 2.31. The molecule has 2 aromatic rings. The van der Waals surface area contributed by atoms with Gasteiger partial charge in [0.1, 0.15) is 0 Å². The normalized spacial score (nSPS) is 11.4. The number of hydrogen-bond acceptors (Lipinski definition) is 3. The minimum atomic E-state index is -4.57. The van der Waals surface area contributed by atoms with Gasteiger partial charge in [0.25, 0.3) is 0 Å². The molecule has 0 aliphatic rings. The van der Waals surface area contributed by atoms with Gasteiger partial charge in [-0.3, -0.25) is 0 Å². The average Bonchev–Trinajstić information content (AvgIpc) is 2.80. The highest BCUT2D eigenvalue weighted by Crippen LogP contribution is 2.32. The molecule has 0 saturated carbocycles. The molecule has 8 heteroatoms. The molecule has 0 atom stereocenters. The largest absolute Gasteiger partial charge is 0.478 e. The molecule has 1 aromatic carbocycles. The highest BCUT2D eigenvalue weighted by atomic mass is 79.9. The third-order valence-corrected chi connectivity index (χ3v) is 4.28. The Kier molecular flexibility index (Phi) is 4.58. The van der Waals surface area contributed by atoms with Crippen molar-refractivity contribution in [3.05, 3.63) is 50.1 Å². The van der Waals surface area contributed by atoms with Crippen molar-refractivity contribution < 1.29 is 23.1 Å². The van der Waals surface area contributed by atoms with Crippen LogP contribution in [0.2, 0.25) is 0 Å². The summed E-state index contributed by atoms with van der Waals surface area (Å²) >= 11 is 4.75. The Labute approximate surface area is 130 Å². The first kappa shape index (κ1) is 15.8. The molecule has 0 fully saturated rings. The van der Waals surface area contributed by atoms with E-state index in [4.69, 9.17) is 5.11 Å². The molecule has 0 unspecified atom stereocenters. The van der Waals surface area contributed by atoms with E-state index in [1.54, 1.807) is 0 Å². The van der Waals surface area contributed by atoms with Crippen molar-refractivity contribution in [2.45, 2.75) is 12.7 Å². The van der Waals surface area contributed by atoms with Crippen molar-refractivity contribution >= 4 is 38.9 Å². The maximum Gasteiger partial charge on any atom is 0.416 e. The Morgan fingerprint density at radius 1 is 1.29 bits per heavy atom. The number of rotatable bonds is 4. The Bertz CT molecular complexity index is 670. The van der Waals surface area contributed by atoms with Crippen LogP contribution >= 0.6 is 27.3 Å². The van der Waals surface area contributed by atoms with Crippen LogP contribution < -0.4 is 5.32 Å². The number of carboxylic acid groups (broad SMARTS) is 1. The molecule has 0 aliphatic heterocycles. The van der Waals surface area contributed by atoms with Crippen molar-refractivity contribution in [1.82, 2.24) is 0 Å². The summed E-state index contributed by atoms with van der Waals surface area (Å²) in [6.45, 7) is 0.335. The van der Waals surface area contributed by atoms with Crippen molar-refractivity contribution in [1.29, 1.82) is 0 Å². The fourth-order valence-corrected chi connectivity index (χ4v) is 3.10. The maximum absolute atomic E-state index is 12.6. The summed E-state index contributed by atoms with van der Waals surface area (Å²) in [4.78, 5) is 12.0. The Hall–Kier alpha value is -1.54. The van der Waals surface area contributed by atoms with Gasteiger partial charge in [-0.05, 0) is 46.3 Å². The van der Waals surface area contributed by atoms with Crippen LogP contribution in [0.1, 0.15) is 20.8 Å². The van der Waals surface area contributed by atoms with E-state index in [1.807, 2.05) is 12.1 Å². The zero-order valence-electron chi connectivity index (χ0n) is 10.4. The Balaban J connectivity index is 2.24. The lowest BCUT2D eigenvalue weighted by Gasteiger charge is -2.12. The molecule has 0 saturated heterocycles. The van der Waals surface area contributed by atoms with Gasteiger partial charge in [0.05, 0.1) is 14.9 Å². The number of hydrogen-bond donors (Lipinski definition) is 2. The summed E-state index contributed by atoms with van der Waals surface area (Å²) in [6, 6.07) is 6.31. The Morgan fingerprint density at radius 2 is 2.00 bits per heavy atom. The first-order chi connectivity index (χ1) is 9.77. The molecular formula is C13H9BrF3NO2S. The summed E-state index contributed by atoms with van der Waals surface area (Å²) in [6.07, 6.45) is -4.57. The molecule has 1 aromatic heterocycles. The lowest BCUT2D eigenvalue weighted by molar-refractivity contribution is -0.137. The number of carboxylic acids is 1. The standard InChI is InChI=1S/C13H9BrF3NO2S/c14-11-4-2-8(21-11)6-18-10-3-1-7(13(15,16)17)5-9(10)12(19)20/h1-5,18H,6H2,(H,19,20). The number of thiophene rings is 1. The zero-order valence-corrected chi connectivity index (χ0v) is 12.8. The number of benzene rings is 1. The summed E-state index contributed by atoms with van der Waals surface area (Å²) in [5, 5.41) is 11.9. The van der Waals surface area contributed by atoms with Gasteiger partial charge < -0.3 is 10.4 Å². The van der Waals surface area contributed by atoms with Crippen molar-refractivity contribution in [3.8, 4) is 0 Å². The van der Waals surface area contributed by atoms with Crippen molar-refractivity contribution in [2.75, 3.05) is 5.32 Å². The summed E-state index contributed by atoms with van der Waals surface area (Å²) in [5.41, 5.74) is -1.23. The van der Waals surface area contributed by atoms with Gasteiger partial charge in [-0.15, -0.1) is 11.3 Å². The molecule has 112 valence electrons. The van der Waals surface area contributed by atoms with Gasteiger partial charge >= 0.3 is 12.1 Å². The molecule has 0 radical (unpaired) electrons. The van der Waals surface area contributed by atoms with Crippen LogP contribution in [-0.2, 0) is 12.7 Å². The van der Waals surface area contributed by atoms with Crippen LogP contribution in [0.15, 0.2) is 34.1 Å². The molecule has 21 heavy (non-hydrogen) atoms. The number of aromatic carboxylic acids is 1. The number of alkyl halides is 3. The monoisotopic (exact) mass is 379 g/mol. The number of nitrogens with one attached hydrogen (secondary N) is 1. The zero-order chi connectivity index (χ0) is 15.6. The van der Waals surface area contributed by atoms with Crippen LogP contribution in [0.5, 0.6) is 0 Å². The van der Waals surface area contributed by atoms with Crippen LogP contribution in [0, 0.1) is 0 Å². The Morgan fingerprint density at radius 3 is 2.52 bits per heavy atom. The molecule has 0 amide bonds. The second-order valence-corrected chi connectivity index (χ2v) is 6.67. The van der Waals surface area contributed by atoms with E-state index in [2.05, 4.69) is 21.2 Å². The van der Waals surface area contributed by atoms with Gasteiger partial charge in [-0.1, -0.05) is 0 Å². The number of carbonyl (C=O) groups is 1. The van der Waals surface area contributed by atoms with Gasteiger partial charge in [0.15, 0.2) is 0 Å². The lowest BCUT2D eigenvalue weighted by atomic mass is 10.1. The van der Waals surface area contributed by atoms with E-state index >= 15 is 0 Å². The molecule has 2 N–H and O–H groups in total. The molecule has 1 heterocycles. The van der Waals surface area contributed by atoms with Crippen LogP contribution in [0.4, 0.5) is 18.9 Å². The van der Waals surface area contributed by atoms with Gasteiger partial charge in [0.2, 0.25) is 0 Å². The predicted molar refractivity (Wildman–Crippen MR) is 77.7 cm³/mol.